The monoisotopic (exact) mass is 337 g/mol. The van der Waals surface area contributed by atoms with Crippen LogP contribution in [-0.4, -0.2) is 36.5 Å². The summed E-state index contributed by atoms with van der Waals surface area (Å²) >= 11 is 6.04. The van der Waals surface area contributed by atoms with Gasteiger partial charge in [0, 0.05) is 30.1 Å². The highest BCUT2D eigenvalue weighted by atomic mass is 35.5. The first kappa shape index (κ1) is 17.6. The van der Waals surface area contributed by atoms with E-state index < -0.39 is 6.03 Å². The predicted molar refractivity (Wildman–Crippen MR) is 91.4 cm³/mol. The molecule has 0 saturated carbocycles. The molecule has 0 radical (unpaired) electrons. The van der Waals surface area contributed by atoms with E-state index in [1.54, 1.807) is 0 Å². The number of primary amides is 1. The van der Waals surface area contributed by atoms with E-state index in [2.05, 4.69) is 19.2 Å². The van der Waals surface area contributed by atoms with Crippen molar-refractivity contribution in [3.05, 3.63) is 34.9 Å². The topological polar surface area (TPSA) is 75.4 Å². The van der Waals surface area contributed by atoms with Crippen molar-refractivity contribution in [2.75, 3.05) is 19.6 Å². The van der Waals surface area contributed by atoms with Crippen LogP contribution in [0.1, 0.15) is 32.3 Å². The highest BCUT2D eigenvalue weighted by Crippen LogP contribution is 2.25. The summed E-state index contributed by atoms with van der Waals surface area (Å²) in [4.78, 5) is 25.2. The fourth-order valence-corrected chi connectivity index (χ4v) is 3.05. The Morgan fingerprint density at radius 2 is 2.17 bits per heavy atom. The molecular formula is C17H24ClN3O2. The summed E-state index contributed by atoms with van der Waals surface area (Å²) in [5.41, 5.74) is 6.16. The number of halogens is 1. The smallest absolute Gasteiger partial charge is 0.314 e. The molecule has 0 aromatic heterocycles. The lowest BCUT2D eigenvalue weighted by Crippen LogP contribution is -2.48. The Balaban J connectivity index is 1.94. The lowest BCUT2D eigenvalue weighted by molar-refractivity contribution is -0.126. The number of amides is 3. The predicted octanol–water partition coefficient (Wildman–Crippen LogP) is 2.52. The van der Waals surface area contributed by atoms with Gasteiger partial charge in [-0.3, -0.25) is 4.79 Å². The normalized spacial score (nSPS) is 18.6. The Morgan fingerprint density at radius 3 is 2.83 bits per heavy atom. The molecule has 1 fully saturated rings. The molecule has 6 heteroatoms. The van der Waals surface area contributed by atoms with Crippen molar-refractivity contribution in [1.29, 1.82) is 0 Å². The molecule has 1 aromatic rings. The fourth-order valence-electron chi connectivity index (χ4n) is 2.86. The van der Waals surface area contributed by atoms with Gasteiger partial charge in [-0.2, -0.15) is 0 Å². The molecule has 1 saturated heterocycles. The van der Waals surface area contributed by atoms with E-state index in [-0.39, 0.29) is 17.2 Å². The van der Waals surface area contributed by atoms with Gasteiger partial charge in [-0.1, -0.05) is 37.6 Å². The van der Waals surface area contributed by atoms with Gasteiger partial charge in [-0.25, -0.2) is 4.79 Å². The second-order valence-electron chi connectivity index (χ2n) is 6.74. The van der Waals surface area contributed by atoms with Crippen LogP contribution < -0.4 is 11.1 Å². The highest BCUT2D eigenvalue weighted by Gasteiger charge is 2.29. The van der Waals surface area contributed by atoms with Gasteiger partial charge in [0.15, 0.2) is 0 Å². The van der Waals surface area contributed by atoms with Crippen molar-refractivity contribution in [2.24, 2.45) is 11.7 Å². The summed E-state index contributed by atoms with van der Waals surface area (Å²) in [6, 6.07) is 7.21. The maximum Gasteiger partial charge on any atom is 0.314 e. The number of likely N-dealkylation sites (tertiary alicyclic amines) is 1. The molecule has 126 valence electrons. The number of rotatable bonds is 4. The number of hydrogen-bond acceptors (Lipinski definition) is 2. The van der Waals surface area contributed by atoms with Gasteiger partial charge >= 0.3 is 6.03 Å². The molecule has 1 aliphatic rings. The third kappa shape index (κ3) is 4.61. The van der Waals surface area contributed by atoms with Crippen LogP contribution in [0.25, 0.3) is 0 Å². The number of nitrogens with zero attached hydrogens (tertiary/aromatic N) is 1. The zero-order valence-electron chi connectivity index (χ0n) is 13.6. The van der Waals surface area contributed by atoms with E-state index in [9.17, 15) is 9.59 Å². The Hall–Kier alpha value is -1.75. The van der Waals surface area contributed by atoms with Gasteiger partial charge in [0.05, 0.1) is 5.92 Å². The van der Waals surface area contributed by atoms with Crippen LogP contribution >= 0.6 is 11.6 Å². The van der Waals surface area contributed by atoms with Crippen LogP contribution in [0, 0.1) is 5.92 Å². The molecule has 3 amide bonds. The maximum absolute atomic E-state index is 12.4. The lowest BCUT2D eigenvalue weighted by atomic mass is 9.84. The van der Waals surface area contributed by atoms with Gasteiger partial charge in [0.25, 0.3) is 0 Å². The van der Waals surface area contributed by atoms with E-state index in [0.717, 1.165) is 18.4 Å². The lowest BCUT2D eigenvalue weighted by Gasteiger charge is -2.32. The van der Waals surface area contributed by atoms with E-state index in [1.807, 2.05) is 24.3 Å². The van der Waals surface area contributed by atoms with Crippen molar-refractivity contribution in [3.8, 4) is 0 Å². The van der Waals surface area contributed by atoms with E-state index in [1.165, 1.54) is 4.90 Å². The van der Waals surface area contributed by atoms with Crippen LogP contribution in [0.4, 0.5) is 4.79 Å². The quantitative estimate of drug-likeness (QED) is 0.885. The molecule has 1 aromatic carbocycles. The Kier molecular flexibility index (Phi) is 5.52. The first-order valence-corrected chi connectivity index (χ1v) is 8.25. The Morgan fingerprint density at radius 1 is 1.43 bits per heavy atom. The van der Waals surface area contributed by atoms with Crippen LogP contribution in [0.15, 0.2) is 24.3 Å². The number of urea groups is 1. The average molecular weight is 338 g/mol. The van der Waals surface area contributed by atoms with Gasteiger partial charge in [0.2, 0.25) is 5.91 Å². The Labute approximate surface area is 142 Å². The molecule has 0 aliphatic carbocycles. The summed E-state index contributed by atoms with van der Waals surface area (Å²) in [5.74, 6) is -0.211. The number of carbonyl (C=O) groups excluding carboxylic acids is 2. The number of hydrogen-bond donors (Lipinski definition) is 2. The molecule has 2 rings (SSSR count). The number of piperidine rings is 1. The summed E-state index contributed by atoms with van der Waals surface area (Å²) in [6.45, 7) is 5.68. The molecule has 0 bridgehead atoms. The molecule has 23 heavy (non-hydrogen) atoms. The summed E-state index contributed by atoms with van der Waals surface area (Å²) in [7, 11) is 0. The van der Waals surface area contributed by atoms with Crippen LogP contribution in [-0.2, 0) is 10.2 Å². The van der Waals surface area contributed by atoms with Crippen molar-refractivity contribution < 1.29 is 9.59 Å². The third-order valence-electron chi connectivity index (χ3n) is 4.41. The van der Waals surface area contributed by atoms with Gasteiger partial charge < -0.3 is 16.0 Å². The number of nitrogens with one attached hydrogen (secondary N) is 1. The molecule has 5 nitrogen and oxygen atoms in total. The van der Waals surface area contributed by atoms with E-state index in [0.29, 0.717) is 24.7 Å². The van der Waals surface area contributed by atoms with E-state index >= 15 is 0 Å². The third-order valence-corrected chi connectivity index (χ3v) is 4.65. The minimum Gasteiger partial charge on any atom is -0.355 e. The molecular weight excluding hydrogens is 314 g/mol. The first-order valence-electron chi connectivity index (χ1n) is 7.88. The zero-order chi connectivity index (χ0) is 17.0. The molecule has 1 heterocycles. The average Bonchev–Trinajstić information content (AvgIpc) is 2.53. The van der Waals surface area contributed by atoms with Crippen LogP contribution in [0.2, 0.25) is 5.02 Å². The minimum atomic E-state index is -0.457. The molecule has 0 unspecified atom stereocenters. The van der Waals surface area contributed by atoms with Gasteiger partial charge in [-0.05, 0) is 30.5 Å². The molecule has 3 N–H and O–H groups in total. The first-order chi connectivity index (χ1) is 10.8. The number of carbonyl (C=O) groups is 2. The maximum atomic E-state index is 12.4. The molecule has 0 spiro atoms. The fraction of sp³-hybridized carbons (Fsp3) is 0.529. The van der Waals surface area contributed by atoms with Crippen LogP contribution in [0.3, 0.4) is 0 Å². The van der Waals surface area contributed by atoms with Gasteiger partial charge in [0.1, 0.15) is 0 Å². The van der Waals surface area contributed by atoms with Crippen molar-refractivity contribution in [3.63, 3.8) is 0 Å². The van der Waals surface area contributed by atoms with Gasteiger partial charge in [-0.15, -0.1) is 0 Å². The second-order valence-corrected chi connectivity index (χ2v) is 7.17. The van der Waals surface area contributed by atoms with Crippen molar-refractivity contribution in [2.45, 2.75) is 32.1 Å². The number of benzene rings is 1. The summed E-state index contributed by atoms with van der Waals surface area (Å²) in [6.07, 6.45) is 1.59. The van der Waals surface area contributed by atoms with Crippen molar-refractivity contribution >= 4 is 23.5 Å². The highest BCUT2D eigenvalue weighted by molar-refractivity contribution is 6.30. The summed E-state index contributed by atoms with van der Waals surface area (Å²) in [5, 5.41) is 3.70. The minimum absolute atomic E-state index is 0.0222. The Bertz CT molecular complexity index is 589. The van der Waals surface area contributed by atoms with Crippen molar-refractivity contribution in [1.82, 2.24) is 10.2 Å². The van der Waals surface area contributed by atoms with Crippen LogP contribution in [0.5, 0.6) is 0 Å². The number of nitrogens with two attached hydrogens (primary N) is 1. The zero-order valence-corrected chi connectivity index (χ0v) is 14.4. The SMILES string of the molecule is CC(C)(CNC(=O)[C@@H]1CCCN(C(N)=O)C1)c1cccc(Cl)c1. The largest absolute Gasteiger partial charge is 0.355 e. The molecule has 1 atom stereocenters. The molecule has 1 aliphatic heterocycles. The van der Waals surface area contributed by atoms with E-state index in [4.69, 9.17) is 17.3 Å². The standard InChI is InChI=1S/C17H24ClN3O2/c1-17(2,13-6-3-7-14(18)9-13)11-20-15(22)12-5-4-8-21(10-12)16(19)23/h3,6-7,9,12H,4-5,8,10-11H2,1-2H3,(H2,19,23)(H,20,22)/t12-/m1/s1. The second kappa shape index (κ2) is 7.21. The summed E-state index contributed by atoms with van der Waals surface area (Å²) < 4.78 is 0.